The molecule has 4 N–H and O–H groups in total. The first kappa shape index (κ1) is 55.9. The van der Waals surface area contributed by atoms with Gasteiger partial charge in [0.1, 0.15) is 42.0 Å². The number of carbonyl (C=O) groups is 2. The number of halogens is 1. The highest BCUT2D eigenvalue weighted by Gasteiger charge is 2.48. The molecule has 3 fully saturated rings. The lowest BCUT2D eigenvalue weighted by molar-refractivity contribution is -0.136. The van der Waals surface area contributed by atoms with Crippen LogP contribution in [0.15, 0.2) is 12.4 Å². The van der Waals surface area contributed by atoms with Crippen LogP contribution in [0.25, 0.3) is 11.0 Å². The summed E-state index contributed by atoms with van der Waals surface area (Å²) in [5, 5.41) is 34.4. The molecule has 0 aromatic carbocycles. The summed E-state index contributed by atoms with van der Waals surface area (Å²) >= 11 is 6.37. The number of fused-ring (bicyclic) bond motifs is 1. The Hall–Kier alpha value is -3.41. The van der Waals surface area contributed by atoms with Crippen molar-refractivity contribution < 1.29 is 81.5 Å². The van der Waals surface area contributed by atoms with Crippen molar-refractivity contribution in [3.63, 3.8) is 0 Å². The number of nitrogens with zero attached hydrogens (tertiary/aromatic N) is 9. The lowest BCUT2D eigenvalue weighted by Gasteiger charge is -2.55. The van der Waals surface area contributed by atoms with Crippen molar-refractivity contribution >= 4 is 47.7 Å². The molecule has 26 nitrogen and oxygen atoms in total. The van der Waals surface area contributed by atoms with E-state index >= 15 is 0 Å². The van der Waals surface area contributed by atoms with Gasteiger partial charge in [0.2, 0.25) is 11.2 Å². The third kappa shape index (κ3) is 18.0. The van der Waals surface area contributed by atoms with E-state index < -0.39 is 38.5 Å². The number of ether oxygens (including phenoxy) is 10. The number of aliphatic hydroxyl groups excluding tert-OH is 2. The molecule has 0 radical (unpaired) electrons. The van der Waals surface area contributed by atoms with E-state index in [1.54, 1.807) is 4.68 Å². The van der Waals surface area contributed by atoms with Gasteiger partial charge in [-0.1, -0.05) is 5.21 Å². The van der Waals surface area contributed by atoms with Crippen molar-refractivity contribution in [3.05, 3.63) is 23.4 Å². The largest absolute Gasteiger partial charge is 0.387 e. The summed E-state index contributed by atoms with van der Waals surface area (Å²) in [6.45, 7) is 10.8. The van der Waals surface area contributed by atoms with Gasteiger partial charge in [0.25, 0.3) is 0 Å². The number of likely N-dealkylation sites (tertiary alicyclic amines) is 1. The second-order valence-corrected chi connectivity index (χ2v) is 19.1. The van der Waals surface area contributed by atoms with E-state index in [1.807, 2.05) is 11.1 Å². The average Bonchev–Trinajstić information content (AvgIpc) is 4.03. The fraction of sp³-hybridized carbons (Fsp3) is 0.786. The van der Waals surface area contributed by atoms with Crippen LogP contribution in [-0.4, -0.2) is 228 Å². The molecule has 0 bridgehead atoms. The van der Waals surface area contributed by atoms with Crippen LogP contribution < -0.4 is 4.90 Å². The van der Waals surface area contributed by atoms with Crippen LogP contribution in [0.4, 0.5) is 5.82 Å². The van der Waals surface area contributed by atoms with Gasteiger partial charge in [-0.05, 0) is 31.4 Å². The van der Waals surface area contributed by atoms with Gasteiger partial charge in [-0.2, -0.15) is 15.1 Å². The van der Waals surface area contributed by atoms with Crippen LogP contribution in [0.3, 0.4) is 0 Å². The molecule has 6 rings (SSSR count). The number of Topliss-reactive ketones (excluding diaryl/α,β-unsaturated/α-hetero) is 1. The van der Waals surface area contributed by atoms with Crippen LogP contribution in [0.1, 0.15) is 44.5 Å². The number of piperidine rings is 1. The minimum Gasteiger partial charge on any atom is -0.387 e. The van der Waals surface area contributed by atoms with E-state index in [2.05, 4.69) is 30.3 Å². The summed E-state index contributed by atoms with van der Waals surface area (Å²) in [4.78, 5) is 55.0. The molecular weight excluding hydrogens is 969 g/mol. The van der Waals surface area contributed by atoms with Crippen LogP contribution in [0.5, 0.6) is 0 Å². The van der Waals surface area contributed by atoms with Crippen molar-refractivity contribution in [1.82, 2.24) is 39.6 Å². The zero-order chi connectivity index (χ0) is 49.8. The predicted octanol–water partition coefficient (Wildman–Crippen LogP) is -0.0268. The third-order valence-corrected chi connectivity index (χ3v) is 12.2. The first-order valence-electron chi connectivity index (χ1n) is 23.4. The number of ketones is 1. The number of anilines is 1. The zero-order valence-electron chi connectivity index (χ0n) is 39.5. The maximum Gasteiger partial charge on any atom is 0.350 e. The predicted molar refractivity (Wildman–Crippen MR) is 245 cm³/mol. The number of amides is 1. The van der Waals surface area contributed by atoms with E-state index in [4.69, 9.17) is 68.8 Å². The fourth-order valence-corrected chi connectivity index (χ4v) is 8.57. The topological polar surface area (TPSA) is 305 Å². The van der Waals surface area contributed by atoms with E-state index in [0.29, 0.717) is 155 Å². The Bertz CT molecular complexity index is 2100. The molecule has 1 spiro atoms. The zero-order valence-corrected chi connectivity index (χ0v) is 41.2. The fourth-order valence-electron chi connectivity index (χ4n) is 8.06. The second kappa shape index (κ2) is 28.7. The molecule has 0 unspecified atom stereocenters. The number of hydrogen-bond donors (Lipinski definition) is 4. The maximum atomic E-state index is 13.2. The first-order chi connectivity index (χ1) is 33.8. The maximum absolute atomic E-state index is 13.2. The lowest BCUT2D eigenvalue weighted by atomic mass is 9.73. The lowest BCUT2D eigenvalue weighted by Crippen LogP contribution is -2.64. The summed E-state index contributed by atoms with van der Waals surface area (Å²) in [7, 11) is -4.44. The summed E-state index contributed by atoms with van der Waals surface area (Å²) in [6.07, 6.45) is -0.180. The van der Waals surface area contributed by atoms with Crippen LogP contribution in [0, 0.1) is 5.41 Å². The van der Waals surface area contributed by atoms with E-state index in [-0.39, 0.29) is 47.7 Å². The summed E-state index contributed by atoms with van der Waals surface area (Å²) in [6, 6.07) is 0. The quantitative estimate of drug-likeness (QED) is 0.0342. The first-order valence-corrected chi connectivity index (χ1v) is 25.6. The van der Waals surface area contributed by atoms with Gasteiger partial charge < -0.3 is 77.2 Å². The Morgan fingerprint density at radius 1 is 0.800 bits per heavy atom. The van der Waals surface area contributed by atoms with Crippen LogP contribution >= 0.6 is 19.2 Å². The molecule has 3 aromatic heterocycles. The average molecular weight is 1040 g/mol. The molecule has 28 heteroatoms. The van der Waals surface area contributed by atoms with Crippen molar-refractivity contribution in [1.29, 1.82) is 0 Å². The molecule has 3 aromatic rings. The highest BCUT2D eigenvalue weighted by atomic mass is 35.5. The van der Waals surface area contributed by atoms with Crippen LogP contribution in [0.2, 0.25) is 5.28 Å². The molecular formula is C42H67ClN9O17P. The van der Waals surface area contributed by atoms with Gasteiger partial charge in [-0.3, -0.25) is 14.2 Å². The Labute approximate surface area is 410 Å². The Morgan fingerprint density at radius 2 is 1.40 bits per heavy atom. The van der Waals surface area contributed by atoms with E-state index in [9.17, 15) is 24.4 Å². The summed E-state index contributed by atoms with van der Waals surface area (Å²) in [5.41, 5.74) is 0.841. The van der Waals surface area contributed by atoms with Crippen molar-refractivity contribution in [2.45, 2.75) is 70.3 Å². The molecule has 3 aliphatic heterocycles. The second-order valence-electron chi connectivity index (χ2n) is 17.1. The Kier molecular flexibility index (Phi) is 22.9. The van der Waals surface area contributed by atoms with Crippen molar-refractivity contribution in [3.8, 4) is 0 Å². The number of hydrogen-bond acceptors (Lipinski definition) is 21. The number of aromatic nitrogens is 7. The molecule has 3 aliphatic rings. The summed E-state index contributed by atoms with van der Waals surface area (Å²) < 4.78 is 69.3. The van der Waals surface area contributed by atoms with Gasteiger partial charge in [-0.25, -0.2) is 9.36 Å². The monoisotopic (exact) mass is 1040 g/mol. The molecule has 4 atom stereocenters. The number of carbonyl (C=O) groups excluding carboxylic acids is 2. The van der Waals surface area contributed by atoms with E-state index in [0.717, 1.165) is 12.8 Å². The Morgan fingerprint density at radius 3 is 2.03 bits per heavy atom. The molecule has 6 heterocycles. The highest BCUT2D eigenvalue weighted by molar-refractivity contribution is 7.51. The SMILES string of the molecule is CC(=O)CCOCCOCCOCCOCCn1cc(COCCOCCOCCOCCC(=O)N2CCCC3(C2)CN(c2nc(Cl)nc4c2cnn4[C@@H]2O[C@H](COCP(=O)(O)O)[C@@H](O)[C@H]2O)C3)nn1. The standard InChI is InChI=1S/C42H67ClN9O17P/c1-31(53)3-8-60-11-14-63-17-18-65-16-13-62-10-7-51-24-32(47-48-51)25-67-22-21-66-20-19-64-15-12-61-9-4-35(54)49-6-2-5-42(27-49)28-50(29-42)38-33-23-44-52(39(33)46-41(43)45-38)40-37(56)36(55)34(69-40)26-68-30-70(57,58)59/h23-24,34,36-37,40,55-56H,2-22,25-30H2,1H3,(H2,57,58,59)/t34-,36-,37-,40-/m1/s1. The highest BCUT2D eigenvalue weighted by Crippen LogP contribution is 2.43. The summed E-state index contributed by atoms with van der Waals surface area (Å²) in [5.74, 6) is 0.673. The van der Waals surface area contributed by atoms with Gasteiger partial charge in [0.15, 0.2) is 11.9 Å². The number of aliphatic hydroxyl groups is 2. The molecule has 0 saturated carbocycles. The molecule has 70 heavy (non-hydrogen) atoms. The molecule has 3 saturated heterocycles. The smallest absolute Gasteiger partial charge is 0.350 e. The van der Waals surface area contributed by atoms with Gasteiger partial charge in [0, 0.05) is 38.0 Å². The minimum atomic E-state index is -4.44. The number of rotatable bonds is 35. The minimum absolute atomic E-state index is 0.0275. The molecule has 0 aliphatic carbocycles. The van der Waals surface area contributed by atoms with Gasteiger partial charge in [0.05, 0.1) is 143 Å². The van der Waals surface area contributed by atoms with Crippen molar-refractivity contribution in [2.75, 3.05) is 143 Å². The third-order valence-electron chi connectivity index (χ3n) is 11.5. The molecule has 1 amide bonds. The van der Waals surface area contributed by atoms with Crippen molar-refractivity contribution in [2.24, 2.45) is 5.41 Å². The van der Waals surface area contributed by atoms with Gasteiger partial charge in [-0.15, -0.1) is 5.10 Å². The molecule has 394 valence electrons. The van der Waals surface area contributed by atoms with Crippen LogP contribution in [-0.2, 0) is 74.7 Å². The van der Waals surface area contributed by atoms with E-state index in [1.165, 1.54) is 17.8 Å². The Balaban J connectivity index is 0.752. The normalized spacial score (nSPS) is 20.3. The van der Waals surface area contributed by atoms with Gasteiger partial charge >= 0.3 is 7.60 Å².